The molecule has 0 saturated carbocycles. The van der Waals surface area contributed by atoms with E-state index in [0.29, 0.717) is 6.42 Å². The lowest BCUT2D eigenvalue weighted by molar-refractivity contribution is -0.379. The third-order valence-electron chi connectivity index (χ3n) is 17.3. The number of allylic oxidation sites excluding steroid dienone is 1. The zero-order chi connectivity index (χ0) is 61.2. The summed E-state index contributed by atoms with van der Waals surface area (Å²) < 4.78 is 34.3. The second kappa shape index (κ2) is 48.4. The molecule has 3 aliphatic heterocycles. The molecule has 3 aliphatic rings. The summed E-state index contributed by atoms with van der Waals surface area (Å²) in [6, 6.07) is -0.967. The van der Waals surface area contributed by atoms with Crippen LogP contribution in [0.4, 0.5) is 0 Å². The minimum absolute atomic E-state index is 0.249. The Morgan fingerprint density at radius 2 is 0.738 bits per heavy atom. The molecule has 496 valence electrons. The Morgan fingerprint density at radius 1 is 0.417 bits per heavy atom. The highest BCUT2D eigenvalue weighted by Crippen LogP contribution is 2.33. The van der Waals surface area contributed by atoms with Crippen LogP contribution in [0.2, 0.25) is 0 Å². The standard InChI is InChI=1S/C65H123NO18/c1-3-5-7-9-11-13-15-17-18-19-20-21-22-23-24-25-26-27-28-29-30-31-33-35-37-39-41-43-53(71)66-48(49(70)42-40-38-36-34-32-16-14-12-10-8-6-4-2)47-79-63-59(77)56(74)61(51(45-68)81-63)84-65-60(78)57(75)62(52(46-69)82-65)83-64-58(76)55(73)54(72)50(44-67)80-64/h40,42,48-52,54-65,67-70,72-78H,3-39,41,43-47H2,1-2H3,(H,66,71)/b42-40+. The normalized spacial score (nSPS) is 29.2. The Labute approximate surface area is 506 Å². The fourth-order valence-corrected chi connectivity index (χ4v) is 11.8. The van der Waals surface area contributed by atoms with E-state index < -0.39 is 124 Å². The highest BCUT2D eigenvalue weighted by Gasteiger charge is 2.53. The first-order valence-electron chi connectivity index (χ1n) is 33.9. The monoisotopic (exact) mass is 1210 g/mol. The first-order chi connectivity index (χ1) is 40.8. The molecule has 0 bridgehead atoms. The lowest BCUT2D eigenvalue weighted by atomic mass is 9.96. The highest BCUT2D eigenvalue weighted by molar-refractivity contribution is 5.76. The summed E-state index contributed by atoms with van der Waals surface area (Å²) in [4.78, 5) is 13.4. The van der Waals surface area contributed by atoms with Crippen LogP contribution in [0.1, 0.15) is 264 Å². The van der Waals surface area contributed by atoms with E-state index in [0.717, 1.165) is 44.9 Å². The molecule has 1 amide bonds. The summed E-state index contributed by atoms with van der Waals surface area (Å²) in [6.07, 6.45) is 25.0. The summed E-state index contributed by atoms with van der Waals surface area (Å²) in [7, 11) is 0. The molecule has 3 fully saturated rings. The third kappa shape index (κ3) is 30.8. The molecule has 19 heteroatoms. The van der Waals surface area contributed by atoms with Gasteiger partial charge in [-0.3, -0.25) is 4.79 Å². The second-order valence-electron chi connectivity index (χ2n) is 24.7. The first kappa shape index (κ1) is 76.8. The third-order valence-corrected chi connectivity index (χ3v) is 17.3. The highest BCUT2D eigenvalue weighted by atomic mass is 16.8. The molecule has 0 aromatic carbocycles. The second-order valence-corrected chi connectivity index (χ2v) is 24.7. The first-order valence-corrected chi connectivity index (χ1v) is 33.9. The molecule has 3 heterocycles. The van der Waals surface area contributed by atoms with E-state index in [-0.39, 0.29) is 18.9 Å². The van der Waals surface area contributed by atoms with Crippen molar-refractivity contribution in [2.24, 2.45) is 0 Å². The summed E-state index contributed by atoms with van der Waals surface area (Å²) in [5, 5.41) is 120. The number of ether oxygens (including phenoxy) is 6. The molecule has 17 unspecified atom stereocenters. The van der Waals surface area contributed by atoms with Crippen LogP contribution in [-0.4, -0.2) is 193 Å². The fraction of sp³-hybridized carbons (Fsp3) is 0.954. The molecule has 19 nitrogen and oxygen atoms in total. The number of carbonyl (C=O) groups excluding carboxylic acids is 1. The van der Waals surface area contributed by atoms with Crippen molar-refractivity contribution in [3.63, 3.8) is 0 Å². The van der Waals surface area contributed by atoms with E-state index in [1.807, 2.05) is 6.08 Å². The van der Waals surface area contributed by atoms with Gasteiger partial charge in [-0.15, -0.1) is 0 Å². The van der Waals surface area contributed by atoms with Gasteiger partial charge in [0.25, 0.3) is 0 Å². The summed E-state index contributed by atoms with van der Waals surface area (Å²) in [6.45, 7) is 1.74. The minimum Gasteiger partial charge on any atom is -0.394 e. The minimum atomic E-state index is -1.97. The number of rotatable bonds is 52. The van der Waals surface area contributed by atoms with Crippen molar-refractivity contribution in [2.75, 3.05) is 26.4 Å². The van der Waals surface area contributed by atoms with Crippen molar-refractivity contribution in [3.05, 3.63) is 12.2 Å². The van der Waals surface area contributed by atoms with E-state index in [4.69, 9.17) is 28.4 Å². The molecule has 0 aliphatic carbocycles. The summed E-state index contributed by atoms with van der Waals surface area (Å²) in [5.74, 6) is -0.271. The molecule has 3 rings (SSSR count). The zero-order valence-electron chi connectivity index (χ0n) is 52.2. The molecule has 0 radical (unpaired) electrons. The van der Waals surface area contributed by atoms with Crippen molar-refractivity contribution in [1.82, 2.24) is 5.32 Å². The van der Waals surface area contributed by atoms with Gasteiger partial charge in [0.15, 0.2) is 18.9 Å². The molecular formula is C65H123NO18. The quantitative estimate of drug-likeness (QED) is 0.0202. The topological polar surface area (TPSA) is 307 Å². The molecule has 0 aromatic rings. The van der Waals surface area contributed by atoms with Crippen LogP contribution in [0.5, 0.6) is 0 Å². The lowest BCUT2D eigenvalue weighted by Crippen LogP contribution is -2.66. The van der Waals surface area contributed by atoms with Crippen LogP contribution >= 0.6 is 0 Å². The molecule has 84 heavy (non-hydrogen) atoms. The Kier molecular flexibility index (Phi) is 44.2. The van der Waals surface area contributed by atoms with Crippen LogP contribution in [0, 0.1) is 0 Å². The van der Waals surface area contributed by atoms with Crippen molar-refractivity contribution in [1.29, 1.82) is 0 Å². The molecular weight excluding hydrogens is 1080 g/mol. The predicted molar refractivity (Wildman–Crippen MR) is 323 cm³/mol. The van der Waals surface area contributed by atoms with Crippen LogP contribution in [0.3, 0.4) is 0 Å². The van der Waals surface area contributed by atoms with Gasteiger partial charge in [-0.25, -0.2) is 0 Å². The van der Waals surface area contributed by atoms with Gasteiger partial charge >= 0.3 is 0 Å². The SMILES string of the molecule is CCCCCCCCCCCC/C=C/C(O)C(COC1OC(CO)C(OC2OC(CO)C(OC3OC(CO)C(O)C(O)C3O)C(O)C2O)C(O)C1O)NC(=O)CCCCCCCCCCCCCCCCCCCCCCCCCCCCC. The molecule has 0 spiro atoms. The van der Waals surface area contributed by atoms with Crippen molar-refractivity contribution < 1.29 is 89.4 Å². The van der Waals surface area contributed by atoms with Gasteiger partial charge in [-0.05, 0) is 19.3 Å². The zero-order valence-corrected chi connectivity index (χ0v) is 52.2. The van der Waals surface area contributed by atoms with Gasteiger partial charge in [-0.2, -0.15) is 0 Å². The molecule has 12 N–H and O–H groups in total. The van der Waals surface area contributed by atoms with Crippen LogP contribution in [-0.2, 0) is 33.2 Å². The Bertz CT molecular complexity index is 1580. The number of hydrogen-bond donors (Lipinski definition) is 12. The Hall–Kier alpha value is -1.47. The van der Waals surface area contributed by atoms with Gasteiger partial charge in [-0.1, -0.05) is 251 Å². The van der Waals surface area contributed by atoms with E-state index in [1.165, 1.54) is 193 Å². The number of carbonyl (C=O) groups is 1. The molecule has 0 aromatic heterocycles. The largest absolute Gasteiger partial charge is 0.394 e. The van der Waals surface area contributed by atoms with Gasteiger partial charge in [0.05, 0.1) is 38.6 Å². The number of unbranched alkanes of at least 4 members (excludes halogenated alkanes) is 36. The maximum absolute atomic E-state index is 13.4. The maximum atomic E-state index is 13.4. The average molecular weight is 1210 g/mol. The van der Waals surface area contributed by atoms with Crippen LogP contribution < -0.4 is 5.32 Å². The van der Waals surface area contributed by atoms with E-state index in [2.05, 4.69) is 19.2 Å². The fourth-order valence-electron chi connectivity index (χ4n) is 11.8. The van der Waals surface area contributed by atoms with Crippen LogP contribution in [0.25, 0.3) is 0 Å². The van der Waals surface area contributed by atoms with Crippen LogP contribution in [0.15, 0.2) is 12.2 Å². The average Bonchev–Trinajstić information content (AvgIpc) is 2.85. The van der Waals surface area contributed by atoms with Crippen molar-refractivity contribution in [3.8, 4) is 0 Å². The van der Waals surface area contributed by atoms with E-state index >= 15 is 0 Å². The van der Waals surface area contributed by atoms with Gasteiger partial charge in [0, 0.05) is 6.42 Å². The smallest absolute Gasteiger partial charge is 0.220 e. The molecule has 3 saturated heterocycles. The summed E-state index contributed by atoms with van der Waals surface area (Å²) >= 11 is 0. The number of aliphatic hydroxyl groups excluding tert-OH is 11. The van der Waals surface area contributed by atoms with Gasteiger partial charge in [0.2, 0.25) is 5.91 Å². The van der Waals surface area contributed by atoms with E-state index in [1.54, 1.807) is 6.08 Å². The Balaban J connectivity index is 1.39. The van der Waals surface area contributed by atoms with E-state index in [9.17, 15) is 61.0 Å². The molecule has 17 atom stereocenters. The maximum Gasteiger partial charge on any atom is 0.220 e. The Morgan fingerprint density at radius 3 is 1.12 bits per heavy atom. The number of nitrogens with one attached hydrogen (secondary N) is 1. The lowest BCUT2D eigenvalue weighted by Gasteiger charge is -2.48. The van der Waals surface area contributed by atoms with Crippen molar-refractivity contribution in [2.45, 2.75) is 369 Å². The number of hydrogen-bond acceptors (Lipinski definition) is 18. The number of amides is 1. The summed E-state index contributed by atoms with van der Waals surface area (Å²) in [5.41, 5.74) is 0. The van der Waals surface area contributed by atoms with Crippen molar-refractivity contribution >= 4 is 5.91 Å². The number of aliphatic hydroxyl groups is 11. The van der Waals surface area contributed by atoms with Gasteiger partial charge < -0.3 is 89.9 Å². The predicted octanol–water partition coefficient (Wildman–Crippen LogP) is 8.11. The van der Waals surface area contributed by atoms with Gasteiger partial charge in [0.1, 0.15) is 73.2 Å².